The number of Topliss-reactive ketones (excluding diaryl/α,β-unsaturated/α-hetero) is 1. The molecule has 1 aliphatic carbocycles. The van der Waals surface area contributed by atoms with Gasteiger partial charge in [-0.05, 0) is 62.9 Å². The van der Waals surface area contributed by atoms with E-state index in [1.165, 1.54) is 22.8 Å². The topological polar surface area (TPSA) is 126 Å². The summed E-state index contributed by atoms with van der Waals surface area (Å²) in [6.07, 6.45) is 1.85. The van der Waals surface area contributed by atoms with Gasteiger partial charge in [-0.1, -0.05) is 0 Å². The molecule has 0 atom stereocenters. The summed E-state index contributed by atoms with van der Waals surface area (Å²) in [5.41, 5.74) is 2.01. The molecular weight excluding hydrogens is 451 g/mol. The van der Waals surface area contributed by atoms with Crippen LogP contribution in [0.15, 0.2) is 18.2 Å². The minimum Gasteiger partial charge on any atom is -0.346 e. The monoisotopic (exact) mass is 478 g/mol. The molecule has 0 radical (unpaired) electrons. The van der Waals surface area contributed by atoms with Crippen LogP contribution in [0.5, 0.6) is 0 Å². The summed E-state index contributed by atoms with van der Waals surface area (Å²) in [4.78, 5) is 38.3. The van der Waals surface area contributed by atoms with E-state index >= 15 is 0 Å². The standard InChI is InChI=1S/C22H27FN4O5S/c1-11-8-14(6-7-17(11)23)24-21(29)18-12(2)19(27(4)13(18)3)20(28)22(30)25-15-9-16(10-15)26-33(5,31)32/h6-8,15-16,26H,9-10H2,1-5H3,(H,24,29)(H,25,30)/t15-,16+. The van der Waals surface area contributed by atoms with Crippen molar-refractivity contribution in [2.75, 3.05) is 11.6 Å². The maximum atomic E-state index is 13.5. The molecule has 178 valence electrons. The van der Waals surface area contributed by atoms with E-state index in [0.29, 0.717) is 35.3 Å². The second-order valence-electron chi connectivity index (χ2n) is 8.47. The molecule has 1 aliphatic rings. The average molecular weight is 479 g/mol. The van der Waals surface area contributed by atoms with Crippen molar-refractivity contribution in [3.63, 3.8) is 0 Å². The second-order valence-corrected chi connectivity index (χ2v) is 10.2. The quantitative estimate of drug-likeness (QED) is 0.413. The number of halogens is 1. The molecule has 11 heteroatoms. The Labute approximate surface area is 191 Å². The number of hydrogen-bond acceptors (Lipinski definition) is 5. The lowest BCUT2D eigenvalue weighted by atomic mass is 9.87. The number of anilines is 1. The van der Waals surface area contributed by atoms with Crippen LogP contribution in [0.1, 0.15) is 50.5 Å². The zero-order valence-electron chi connectivity index (χ0n) is 19.1. The second kappa shape index (κ2) is 9.06. The molecule has 1 heterocycles. The minimum atomic E-state index is -3.33. The summed E-state index contributed by atoms with van der Waals surface area (Å²) in [5.74, 6) is -2.46. The summed E-state index contributed by atoms with van der Waals surface area (Å²) in [5, 5.41) is 5.33. The van der Waals surface area contributed by atoms with E-state index in [2.05, 4.69) is 15.4 Å². The average Bonchev–Trinajstić information content (AvgIpc) is 2.90. The maximum absolute atomic E-state index is 13.5. The number of ketones is 1. The van der Waals surface area contributed by atoms with Crippen LogP contribution in [0.3, 0.4) is 0 Å². The predicted molar refractivity (Wildman–Crippen MR) is 121 cm³/mol. The number of carbonyl (C=O) groups is 3. The van der Waals surface area contributed by atoms with Crippen LogP contribution in [-0.2, 0) is 21.9 Å². The highest BCUT2D eigenvalue weighted by molar-refractivity contribution is 7.88. The molecule has 0 saturated heterocycles. The Morgan fingerprint density at radius 1 is 1.09 bits per heavy atom. The molecule has 0 bridgehead atoms. The predicted octanol–water partition coefficient (Wildman–Crippen LogP) is 1.72. The molecule has 1 fully saturated rings. The molecular formula is C22H27FN4O5S. The van der Waals surface area contributed by atoms with Gasteiger partial charge in [-0.15, -0.1) is 0 Å². The highest BCUT2D eigenvalue weighted by atomic mass is 32.2. The minimum absolute atomic E-state index is 0.0931. The Kier molecular flexibility index (Phi) is 6.75. The van der Waals surface area contributed by atoms with Crippen molar-refractivity contribution in [3.8, 4) is 0 Å². The molecule has 0 aliphatic heterocycles. The van der Waals surface area contributed by atoms with Crippen molar-refractivity contribution in [1.82, 2.24) is 14.6 Å². The van der Waals surface area contributed by atoms with Crippen molar-refractivity contribution in [2.24, 2.45) is 7.05 Å². The van der Waals surface area contributed by atoms with Crippen LogP contribution in [0.25, 0.3) is 0 Å². The van der Waals surface area contributed by atoms with Crippen LogP contribution >= 0.6 is 0 Å². The molecule has 0 spiro atoms. The third-order valence-corrected chi connectivity index (χ3v) is 6.61. The lowest BCUT2D eigenvalue weighted by molar-refractivity contribution is -0.118. The highest BCUT2D eigenvalue weighted by Gasteiger charge is 2.35. The van der Waals surface area contributed by atoms with Crippen molar-refractivity contribution in [1.29, 1.82) is 0 Å². The van der Waals surface area contributed by atoms with Crippen molar-refractivity contribution in [3.05, 3.63) is 52.1 Å². The van der Waals surface area contributed by atoms with Crippen LogP contribution in [0, 0.1) is 26.6 Å². The van der Waals surface area contributed by atoms with Crippen LogP contribution < -0.4 is 15.4 Å². The fraction of sp³-hybridized carbons (Fsp3) is 0.409. The molecule has 0 unspecified atom stereocenters. The van der Waals surface area contributed by atoms with Gasteiger partial charge in [-0.25, -0.2) is 17.5 Å². The van der Waals surface area contributed by atoms with E-state index in [4.69, 9.17) is 0 Å². The Balaban J connectivity index is 1.73. The molecule has 3 rings (SSSR count). The van der Waals surface area contributed by atoms with Gasteiger partial charge in [0.25, 0.3) is 17.6 Å². The van der Waals surface area contributed by atoms with Crippen LogP contribution in [0.4, 0.5) is 10.1 Å². The molecule has 9 nitrogen and oxygen atoms in total. The van der Waals surface area contributed by atoms with Gasteiger partial charge in [-0.2, -0.15) is 0 Å². The molecule has 1 aromatic carbocycles. The number of carbonyl (C=O) groups excluding carboxylic acids is 3. The Morgan fingerprint density at radius 3 is 2.30 bits per heavy atom. The van der Waals surface area contributed by atoms with Crippen molar-refractivity contribution in [2.45, 2.75) is 45.7 Å². The largest absolute Gasteiger partial charge is 0.346 e. The number of aryl methyl sites for hydroxylation is 1. The number of aromatic nitrogens is 1. The smallest absolute Gasteiger partial charge is 0.294 e. The molecule has 3 N–H and O–H groups in total. The number of sulfonamides is 1. The summed E-state index contributed by atoms with van der Waals surface area (Å²) in [7, 11) is -1.74. The van der Waals surface area contributed by atoms with Gasteiger partial charge < -0.3 is 15.2 Å². The molecule has 33 heavy (non-hydrogen) atoms. The number of hydrogen-bond donors (Lipinski definition) is 3. The van der Waals surface area contributed by atoms with Gasteiger partial charge >= 0.3 is 0 Å². The molecule has 1 aromatic heterocycles. The summed E-state index contributed by atoms with van der Waals surface area (Å²) >= 11 is 0. The number of rotatable bonds is 7. The van der Waals surface area contributed by atoms with E-state index < -0.39 is 27.6 Å². The van der Waals surface area contributed by atoms with Gasteiger partial charge in [0.05, 0.1) is 17.5 Å². The first-order valence-electron chi connectivity index (χ1n) is 10.3. The van der Waals surface area contributed by atoms with Gasteiger partial charge in [-0.3, -0.25) is 14.4 Å². The maximum Gasteiger partial charge on any atom is 0.294 e. The normalized spacial score (nSPS) is 17.9. The van der Waals surface area contributed by atoms with E-state index in [1.54, 1.807) is 27.8 Å². The molecule has 2 aromatic rings. The zero-order valence-corrected chi connectivity index (χ0v) is 19.9. The first-order chi connectivity index (χ1) is 15.3. The van der Waals surface area contributed by atoms with E-state index in [-0.39, 0.29) is 29.2 Å². The van der Waals surface area contributed by atoms with Gasteiger partial charge in [0.15, 0.2) is 0 Å². The van der Waals surface area contributed by atoms with E-state index in [1.807, 2.05) is 0 Å². The van der Waals surface area contributed by atoms with E-state index in [9.17, 15) is 27.2 Å². The fourth-order valence-electron chi connectivity index (χ4n) is 4.04. The summed E-state index contributed by atoms with van der Waals surface area (Å²) in [6.45, 7) is 4.84. The highest BCUT2D eigenvalue weighted by Crippen LogP contribution is 2.25. The van der Waals surface area contributed by atoms with E-state index in [0.717, 1.165) is 6.26 Å². The first kappa shape index (κ1) is 24.6. The van der Waals surface area contributed by atoms with Crippen molar-refractivity contribution >= 4 is 33.3 Å². The Bertz CT molecular complexity index is 1250. The van der Waals surface area contributed by atoms with Gasteiger partial charge in [0.1, 0.15) is 5.82 Å². The summed E-state index contributed by atoms with van der Waals surface area (Å²) < 4.78 is 40.0. The van der Waals surface area contributed by atoms with Crippen molar-refractivity contribution < 1.29 is 27.2 Å². The van der Waals surface area contributed by atoms with Gasteiger partial charge in [0, 0.05) is 30.5 Å². The Morgan fingerprint density at radius 2 is 1.73 bits per heavy atom. The molecule has 1 saturated carbocycles. The zero-order chi connectivity index (χ0) is 24.7. The number of benzene rings is 1. The van der Waals surface area contributed by atoms with Crippen LogP contribution in [-0.4, -0.2) is 48.9 Å². The number of nitrogens with zero attached hydrogens (tertiary/aromatic N) is 1. The van der Waals surface area contributed by atoms with Crippen LogP contribution in [0.2, 0.25) is 0 Å². The lowest BCUT2D eigenvalue weighted by Gasteiger charge is -2.35. The fourth-order valence-corrected chi connectivity index (χ4v) is 4.84. The third kappa shape index (κ3) is 5.31. The lowest BCUT2D eigenvalue weighted by Crippen LogP contribution is -2.54. The SMILES string of the molecule is Cc1cc(NC(=O)c2c(C)c(C(=O)C(=O)N[C@H]3C[C@@H](NS(C)(=O)=O)C3)n(C)c2C)ccc1F. The number of nitrogens with one attached hydrogen (secondary N) is 3. The summed E-state index contributed by atoms with van der Waals surface area (Å²) in [6, 6.07) is 3.62. The van der Waals surface area contributed by atoms with Gasteiger partial charge in [0.2, 0.25) is 10.0 Å². The molecule has 2 amide bonds. The number of amides is 2. The first-order valence-corrected chi connectivity index (χ1v) is 12.2. The third-order valence-electron chi connectivity index (χ3n) is 5.85. The Hall–Kier alpha value is -3.05.